The minimum absolute atomic E-state index is 0.452. The molecule has 1 fully saturated rings. The number of hydrogen-bond acceptors (Lipinski definition) is 2. The summed E-state index contributed by atoms with van der Waals surface area (Å²) >= 11 is 0. The zero-order valence-corrected chi connectivity index (χ0v) is 9.45. The smallest absolute Gasteiger partial charge is 0.0292 e. The Morgan fingerprint density at radius 3 is 2.73 bits per heavy atom. The average molecular weight is 204 g/mol. The number of hydrogen-bond donors (Lipinski definition) is 1. The zero-order valence-electron chi connectivity index (χ0n) is 9.45. The third kappa shape index (κ3) is 3.03. The van der Waals surface area contributed by atoms with Gasteiger partial charge in [0.25, 0.3) is 0 Å². The van der Waals surface area contributed by atoms with Crippen LogP contribution in [0.15, 0.2) is 24.5 Å². The molecule has 1 aliphatic carbocycles. The maximum absolute atomic E-state index is 4.03. The summed E-state index contributed by atoms with van der Waals surface area (Å²) in [5.74, 6) is 1.00. The number of aromatic nitrogens is 1. The Morgan fingerprint density at radius 2 is 2.13 bits per heavy atom. The topological polar surface area (TPSA) is 24.9 Å². The average Bonchev–Trinajstić information content (AvgIpc) is 2.23. The third-order valence-corrected chi connectivity index (χ3v) is 3.43. The van der Waals surface area contributed by atoms with Crippen LogP contribution in [-0.4, -0.2) is 11.5 Å². The first-order chi connectivity index (χ1) is 7.36. The summed E-state index contributed by atoms with van der Waals surface area (Å²) in [6, 6.07) is 4.62. The van der Waals surface area contributed by atoms with Crippen molar-refractivity contribution >= 4 is 0 Å². The van der Waals surface area contributed by atoms with E-state index in [1.54, 1.807) is 0 Å². The monoisotopic (exact) mass is 204 g/mol. The van der Waals surface area contributed by atoms with Crippen LogP contribution >= 0.6 is 0 Å². The summed E-state index contributed by atoms with van der Waals surface area (Å²) in [6.07, 6.45) is 9.41. The fourth-order valence-corrected chi connectivity index (χ4v) is 2.06. The minimum Gasteiger partial charge on any atom is -0.310 e. The van der Waals surface area contributed by atoms with Crippen LogP contribution in [0.25, 0.3) is 0 Å². The highest BCUT2D eigenvalue weighted by atomic mass is 14.9. The van der Waals surface area contributed by atoms with Crippen LogP contribution in [0.4, 0.5) is 0 Å². The van der Waals surface area contributed by atoms with Crippen molar-refractivity contribution in [2.45, 2.75) is 38.6 Å². The molecule has 1 aliphatic rings. The van der Waals surface area contributed by atoms with Crippen molar-refractivity contribution in [3.8, 4) is 0 Å². The van der Waals surface area contributed by atoms with E-state index in [-0.39, 0.29) is 0 Å². The second kappa shape index (κ2) is 5.26. The molecule has 1 aromatic heterocycles. The highest BCUT2D eigenvalue weighted by Crippen LogP contribution is 2.28. The van der Waals surface area contributed by atoms with Crippen molar-refractivity contribution in [1.82, 2.24) is 10.3 Å². The van der Waals surface area contributed by atoms with Crippen LogP contribution in [0, 0.1) is 5.92 Å². The van der Waals surface area contributed by atoms with Crippen molar-refractivity contribution < 1.29 is 0 Å². The fraction of sp³-hybridized carbons (Fsp3) is 0.615. The maximum Gasteiger partial charge on any atom is 0.0292 e. The van der Waals surface area contributed by atoms with Gasteiger partial charge in [0.2, 0.25) is 0 Å². The van der Waals surface area contributed by atoms with Crippen molar-refractivity contribution in [2.75, 3.05) is 6.54 Å². The molecule has 1 N–H and O–H groups in total. The molecular weight excluding hydrogens is 184 g/mol. The van der Waals surface area contributed by atoms with E-state index in [0.717, 1.165) is 12.5 Å². The molecule has 0 bridgehead atoms. The van der Waals surface area contributed by atoms with Gasteiger partial charge in [-0.15, -0.1) is 0 Å². The van der Waals surface area contributed by atoms with Crippen LogP contribution < -0.4 is 5.32 Å². The van der Waals surface area contributed by atoms with Crippen molar-refractivity contribution in [3.63, 3.8) is 0 Å². The molecular formula is C13H20N2. The molecule has 1 aromatic rings. The van der Waals surface area contributed by atoms with E-state index in [9.17, 15) is 0 Å². The number of rotatable bonds is 5. The predicted octanol–water partition coefficient (Wildman–Crippen LogP) is 2.92. The van der Waals surface area contributed by atoms with Gasteiger partial charge in [-0.2, -0.15) is 0 Å². The van der Waals surface area contributed by atoms with E-state index in [1.165, 1.54) is 31.2 Å². The molecule has 0 saturated heterocycles. The summed E-state index contributed by atoms with van der Waals surface area (Å²) in [6.45, 7) is 3.37. The first kappa shape index (κ1) is 10.6. The molecule has 1 unspecified atom stereocenters. The van der Waals surface area contributed by atoms with Gasteiger partial charge in [0.05, 0.1) is 0 Å². The Hall–Kier alpha value is -0.890. The molecule has 0 aromatic carbocycles. The van der Waals surface area contributed by atoms with E-state index in [4.69, 9.17) is 0 Å². The van der Waals surface area contributed by atoms with Crippen molar-refractivity contribution in [3.05, 3.63) is 30.1 Å². The molecule has 1 saturated carbocycles. The van der Waals surface area contributed by atoms with Gasteiger partial charge in [0.15, 0.2) is 0 Å². The highest BCUT2D eigenvalue weighted by molar-refractivity contribution is 5.13. The summed E-state index contributed by atoms with van der Waals surface area (Å²) in [5.41, 5.74) is 1.33. The van der Waals surface area contributed by atoms with Crippen LogP contribution in [-0.2, 0) is 0 Å². The second-order valence-corrected chi connectivity index (χ2v) is 4.54. The standard InChI is InChI=1S/C13H20N2/c1-11(13-6-8-14-9-7-13)15-10-5-12-3-2-4-12/h6-9,11-12,15H,2-5,10H2,1H3. The molecule has 2 rings (SSSR count). The van der Waals surface area contributed by atoms with E-state index in [2.05, 4.69) is 29.4 Å². The maximum atomic E-state index is 4.03. The summed E-state index contributed by atoms with van der Waals surface area (Å²) in [5, 5.41) is 3.57. The van der Waals surface area contributed by atoms with E-state index in [1.807, 2.05) is 12.4 Å². The molecule has 2 heteroatoms. The SMILES string of the molecule is CC(NCCC1CCC1)c1ccncc1. The summed E-state index contributed by atoms with van der Waals surface area (Å²) < 4.78 is 0. The van der Waals surface area contributed by atoms with Gasteiger partial charge >= 0.3 is 0 Å². The van der Waals surface area contributed by atoms with Gasteiger partial charge in [-0.3, -0.25) is 4.98 Å². The van der Waals surface area contributed by atoms with Crippen LogP contribution in [0.5, 0.6) is 0 Å². The molecule has 1 heterocycles. The van der Waals surface area contributed by atoms with Crippen LogP contribution in [0.3, 0.4) is 0 Å². The van der Waals surface area contributed by atoms with E-state index < -0.39 is 0 Å². The van der Waals surface area contributed by atoms with Crippen LogP contribution in [0.2, 0.25) is 0 Å². The molecule has 0 spiro atoms. The van der Waals surface area contributed by atoms with Gasteiger partial charge in [-0.25, -0.2) is 0 Å². The van der Waals surface area contributed by atoms with Gasteiger partial charge in [0.1, 0.15) is 0 Å². The van der Waals surface area contributed by atoms with Gasteiger partial charge in [0, 0.05) is 18.4 Å². The van der Waals surface area contributed by atoms with E-state index >= 15 is 0 Å². The van der Waals surface area contributed by atoms with Crippen LogP contribution in [0.1, 0.15) is 44.2 Å². The fourth-order valence-electron chi connectivity index (χ4n) is 2.06. The predicted molar refractivity (Wildman–Crippen MR) is 62.6 cm³/mol. The lowest BCUT2D eigenvalue weighted by Gasteiger charge is -2.26. The molecule has 0 amide bonds. The zero-order chi connectivity index (χ0) is 10.5. The largest absolute Gasteiger partial charge is 0.310 e. The molecule has 1 atom stereocenters. The first-order valence-electron chi connectivity index (χ1n) is 5.99. The molecule has 0 aliphatic heterocycles. The lowest BCUT2D eigenvalue weighted by molar-refractivity contribution is 0.288. The quantitative estimate of drug-likeness (QED) is 0.797. The molecule has 82 valence electrons. The number of pyridine rings is 1. The Kier molecular flexibility index (Phi) is 3.73. The Morgan fingerprint density at radius 1 is 1.40 bits per heavy atom. The first-order valence-corrected chi connectivity index (χ1v) is 5.99. The minimum atomic E-state index is 0.452. The summed E-state index contributed by atoms with van der Waals surface area (Å²) in [7, 11) is 0. The normalized spacial score (nSPS) is 18.5. The molecule has 15 heavy (non-hydrogen) atoms. The number of nitrogens with one attached hydrogen (secondary N) is 1. The van der Waals surface area contributed by atoms with Crippen molar-refractivity contribution in [2.24, 2.45) is 5.92 Å². The van der Waals surface area contributed by atoms with Gasteiger partial charge < -0.3 is 5.32 Å². The second-order valence-electron chi connectivity index (χ2n) is 4.54. The Bertz CT molecular complexity index is 280. The lowest BCUT2D eigenvalue weighted by Crippen LogP contribution is -2.24. The number of nitrogens with zero attached hydrogens (tertiary/aromatic N) is 1. The molecule has 2 nitrogen and oxygen atoms in total. The van der Waals surface area contributed by atoms with E-state index in [0.29, 0.717) is 6.04 Å². The third-order valence-electron chi connectivity index (χ3n) is 3.43. The van der Waals surface area contributed by atoms with Gasteiger partial charge in [-0.05, 0) is 43.5 Å². The highest BCUT2D eigenvalue weighted by Gasteiger charge is 2.16. The Balaban J connectivity index is 1.70. The Labute approximate surface area is 92.1 Å². The summed E-state index contributed by atoms with van der Waals surface area (Å²) in [4.78, 5) is 4.03. The van der Waals surface area contributed by atoms with Crippen molar-refractivity contribution in [1.29, 1.82) is 0 Å². The molecule has 0 radical (unpaired) electrons. The lowest BCUT2D eigenvalue weighted by atomic mass is 9.83. The van der Waals surface area contributed by atoms with Gasteiger partial charge in [-0.1, -0.05) is 19.3 Å².